The summed E-state index contributed by atoms with van der Waals surface area (Å²) in [6.07, 6.45) is 36.4. The summed E-state index contributed by atoms with van der Waals surface area (Å²) in [6.45, 7) is 56.1. The van der Waals surface area contributed by atoms with Crippen molar-refractivity contribution in [2.75, 3.05) is 0 Å². The summed E-state index contributed by atoms with van der Waals surface area (Å²) in [4.78, 5) is 6.00. The first kappa shape index (κ1) is 71.7. The van der Waals surface area contributed by atoms with E-state index >= 15 is 0 Å². The molecule has 4 aromatic carbocycles. The van der Waals surface area contributed by atoms with E-state index in [1.165, 1.54) is 158 Å². The zero-order chi connectivity index (χ0) is 63.8. The van der Waals surface area contributed by atoms with Crippen molar-refractivity contribution in [3.63, 3.8) is 0 Å². The van der Waals surface area contributed by atoms with Gasteiger partial charge < -0.3 is 0 Å². The van der Waals surface area contributed by atoms with Gasteiger partial charge in [0.2, 0.25) is 0 Å². The Kier molecular flexibility index (Phi) is 26.2. The van der Waals surface area contributed by atoms with Gasteiger partial charge in [-0.15, -0.1) is 0 Å². The normalized spacial score (nSPS) is 16.1. The second kappa shape index (κ2) is 31.4. The first-order valence-corrected chi connectivity index (χ1v) is 34.7. The molecule has 1 atom stereocenters. The van der Waals surface area contributed by atoms with Crippen molar-refractivity contribution in [3.05, 3.63) is 183 Å². The van der Waals surface area contributed by atoms with Gasteiger partial charge in [-0.3, -0.25) is 0 Å². The molecule has 0 spiro atoms. The molecule has 0 aromatic heterocycles. The lowest BCUT2D eigenvalue weighted by atomic mass is 9.64. The average molecular weight is 1160 g/mol. The minimum absolute atomic E-state index is 0.0258. The molecule has 0 saturated heterocycles. The summed E-state index contributed by atoms with van der Waals surface area (Å²) in [5.74, 6) is 0.544. The molecule has 86 heavy (non-hydrogen) atoms. The van der Waals surface area contributed by atoms with Gasteiger partial charge in [0.05, 0.1) is 11.4 Å². The van der Waals surface area contributed by atoms with Crippen LogP contribution < -0.4 is 0 Å². The maximum Gasteiger partial charge on any atom is 0.0781 e. The highest BCUT2D eigenvalue weighted by atomic mass is 14.8. The van der Waals surface area contributed by atoms with E-state index in [0.717, 1.165) is 47.4 Å². The number of benzene rings is 4. The van der Waals surface area contributed by atoms with Gasteiger partial charge in [-0.05, 0) is 153 Å². The molecule has 0 N–H and O–H groups in total. The highest BCUT2D eigenvalue weighted by Gasteiger charge is 2.46. The van der Waals surface area contributed by atoms with Crippen LogP contribution >= 0.6 is 0 Å². The number of allylic oxidation sites excluding steroid dienone is 11. The molecule has 1 nitrogen and oxygen atoms in total. The van der Waals surface area contributed by atoms with Crippen LogP contribution in [0.1, 0.15) is 323 Å². The second-order valence-corrected chi connectivity index (χ2v) is 31.3. The molecule has 0 amide bonds. The summed E-state index contributed by atoms with van der Waals surface area (Å²) in [5, 5.41) is 0. The largest absolute Gasteiger partial charge is 0.247 e. The van der Waals surface area contributed by atoms with E-state index in [1.807, 2.05) is 0 Å². The number of nitrogens with zero attached hydrogens (tertiary/aromatic N) is 1. The maximum atomic E-state index is 6.00. The van der Waals surface area contributed by atoms with Crippen LogP contribution in [0.5, 0.6) is 0 Å². The molecule has 1 unspecified atom stereocenters. The molecular weight excluding hydrogens is 1030 g/mol. The third kappa shape index (κ3) is 18.8. The molecule has 0 saturated carbocycles. The first-order chi connectivity index (χ1) is 40.4. The fourth-order valence-corrected chi connectivity index (χ4v) is 13.1. The highest BCUT2D eigenvalue weighted by molar-refractivity contribution is 6.32. The van der Waals surface area contributed by atoms with Crippen LogP contribution in [-0.2, 0) is 21.7 Å². The van der Waals surface area contributed by atoms with Gasteiger partial charge in [-0.2, -0.15) is 0 Å². The second-order valence-electron chi connectivity index (χ2n) is 31.3. The number of hydrogen-bond acceptors (Lipinski definition) is 1. The monoisotopic (exact) mass is 1160 g/mol. The van der Waals surface area contributed by atoms with Crippen LogP contribution in [0.4, 0.5) is 5.69 Å². The Hall–Kier alpha value is -5.01. The summed E-state index contributed by atoms with van der Waals surface area (Å²) >= 11 is 0. The standard InChI is InChI=1S/C82H117N.C3H8/c1-22-25-27-29-31-33-53-82(54-34-32-30-28-26-23-2)73-56-65(42-48-70(73)71-49-47-68(57-74(71)82)80(17,18)19)58(4)36-37-63(35-24-3)69-50-51-72(81(20,21)55-52-59(5)77(8,9)10)61(7)76(69)83-75(64-40-45-67(46-41-64)79(14,15)16)60(6)62-38-43-66(44-39-62)78(11,12)13;1-3-2/h36-52,56,68H,6,22-35,53-55,57H2,1-5,7-21H3;3H2,1-2H3/b58-36+,59-52+,63-37+,83-75?;. The molecule has 0 radical (unpaired) electrons. The van der Waals surface area contributed by atoms with Crippen molar-refractivity contribution < 1.29 is 0 Å². The molecule has 0 bridgehead atoms. The van der Waals surface area contributed by atoms with Crippen LogP contribution in [0.3, 0.4) is 0 Å². The maximum absolute atomic E-state index is 6.00. The lowest BCUT2D eigenvalue weighted by Crippen LogP contribution is -2.31. The molecule has 1 heteroatoms. The molecule has 0 aliphatic heterocycles. The molecule has 2 aliphatic rings. The number of hydrogen-bond donors (Lipinski definition) is 0. The van der Waals surface area contributed by atoms with Crippen LogP contribution in [0.15, 0.2) is 132 Å². The minimum Gasteiger partial charge on any atom is -0.247 e. The van der Waals surface area contributed by atoms with Crippen molar-refractivity contribution in [1.29, 1.82) is 0 Å². The van der Waals surface area contributed by atoms with E-state index in [4.69, 9.17) is 11.6 Å². The predicted molar refractivity (Wildman–Crippen MR) is 388 cm³/mol. The van der Waals surface area contributed by atoms with Crippen molar-refractivity contribution in [2.45, 2.75) is 296 Å². The number of unbranched alkanes of at least 4 members (excludes halogenated alkanes) is 10. The third-order valence-electron chi connectivity index (χ3n) is 19.4. The summed E-state index contributed by atoms with van der Waals surface area (Å²) < 4.78 is 0. The van der Waals surface area contributed by atoms with E-state index in [2.05, 4.69) is 262 Å². The fourth-order valence-electron chi connectivity index (χ4n) is 13.1. The van der Waals surface area contributed by atoms with E-state index in [0.29, 0.717) is 5.92 Å². The van der Waals surface area contributed by atoms with Gasteiger partial charge in [0.15, 0.2) is 0 Å². The Labute approximate surface area is 531 Å². The number of fused-ring (bicyclic) bond motifs is 2. The Morgan fingerprint density at radius 1 is 0.605 bits per heavy atom. The van der Waals surface area contributed by atoms with E-state index in [1.54, 1.807) is 16.7 Å². The Balaban J connectivity index is 0.00000440. The smallest absolute Gasteiger partial charge is 0.0781 e. The minimum atomic E-state index is -0.136. The van der Waals surface area contributed by atoms with Crippen LogP contribution in [-0.4, -0.2) is 5.71 Å². The van der Waals surface area contributed by atoms with Gasteiger partial charge in [0.25, 0.3) is 0 Å². The fraction of sp³-hybridized carbons (Fsp3) is 0.565. The van der Waals surface area contributed by atoms with Crippen molar-refractivity contribution in [1.82, 2.24) is 0 Å². The molecule has 470 valence electrons. The zero-order valence-electron chi connectivity index (χ0n) is 59.6. The van der Waals surface area contributed by atoms with Gasteiger partial charge in [-0.25, -0.2) is 4.99 Å². The zero-order valence-corrected chi connectivity index (χ0v) is 59.6. The summed E-state index contributed by atoms with van der Waals surface area (Å²) in [7, 11) is 0. The summed E-state index contributed by atoms with van der Waals surface area (Å²) in [6, 6.07) is 30.7. The average Bonchev–Trinajstić information content (AvgIpc) is 1.57. The van der Waals surface area contributed by atoms with Gasteiger partial charge in [0, 0.05) is 22.1 Å². The molecular formula is C85H125N. The van der Waals surface area contributed by atoms with Crippen LogP contribution in [0.25, 0.3) is 22.3 Å². The topological polar surface area (TPSA) is 12.4 Å². The lowest BCUT2D eigenvalue weighted by molar-refractivity contribution is 0.272. The number of rotatable bonds is 26. The van der Waals surface area contributed by atoms with Crippen LogP contribution in [0.2, 0.25) is 0 Å². The SMILES string of the molecule is C=C(C(=Nc1c(/C(=C/C=C(\C)c2ccc3c(c2)C(CCCCCCCC)(CCCCCCCC)C2=C3C=CC(C(C)(C)C)C2)CCC)ccc(C(C)(C)C/C=C(\C)C(C)(C)C)c1C)c1ccc(C(C)(C)C)cc1)c1ccc(C(C)(C)C)cc1.CCC. The third-order valence-corrected chi connectivity index (χ3v) is 19.4. The molecule has 0 heterocycles. The Morgan fingerprint density at radius 2 is 1.12 bits per heavy atom. The Morgan fingerprint density at radius 3 is 1.62 bits per heavy atom. The van der Waals surface area contributed by atoms with Crippen molar-refractivity contribution in [2.24, 2.45) is 21.7 Å². The summed E-state index contributed by atoms with van der Waals surface area (Å²) in [5.41, 5.74) is 23.7. The van der Waals surface area contributed by atoms with E-state index < -0.39 is 0 Å². The van der Waals surface area contributed by atoms with E-state index in [9.17, 15) is 0 Å². The molecule has 4 aromatic rings. The number of aliphatic imine (C=N–C) groups is 1. The highest BCUT2D eigenvalue weighted by Crippen LogP contribution is 2.58. The van der Waals surface area contributed by atoms with Crippen molar-refractivity contribution >= 4 is 33.7 Å². The Bertz CT molecular complexity index is 3010. The van der Waals surface area contributed by atoms with Crippen molar-refractivity contribution in [3.8, 4) is 0 Å². The van der Waals surface area contributed by atoms with Gasteiger partial charge >= 0.3 is 0 Å². The quantitative estimate of drug-likeness (QED) is 0.0257. The van der Waals surface area contributed by atoms with Gasteiger partial charge in [0.1, 0.15) is 0 Å². The van der Waals surface area contributed by atoms with E-state index in [-0.39, 0.29) is 32.5 Å². The first-order valence-electron chi connectivity index (χ1n) is 34.7. The van der Waals surface area contributed by atoms with Crippen LogP contribution in [0, 0.1) is 23.7 Å². The molecule has 6 rings (SSSR count). The van der Waals surface area contributed by atoms with Gasteiger partial charge in [-0.1, -0.05) is 342 Å². The lowest BCUT2D eigenvalue weighted by Gasteiger charge is -2.39. The molecule has 0 fully saturated rings. The molecule has 2 aliphatic carbocycles. The predicted octanol–water partition coefficient (Wildman–Crippen LogP) is 26.9.